The average molecular weight is 389 g/mol. The Morgan fingerprint density at radius 3 is 1.12 bits per heavy atom. The summed E-state index contributed by atoms with van der Waals surface area (Å²) >= 11 is -5.25. The molecular weight excluding hydrogens is 383 g/mol. The molecule has 0 saturated heterocycles. The molecule has 0 fully saturated rings. The Bertz CT molecular complexity index is 99.2. The van der Waals surface area contributed by atoms with Gasteiger partial charge in [-0.05, 0) is 0 Å². The zero-order valence-electron chi connectivity index (χ0n) is 2.70. The first-order chi connectivity index (χ1) is 2.00. The van der Waals surface area contributed by atoms with Crippen LogP contribution in [-0.2, 0) is 21.2 Å². The summed E-state index contributed by atoms with van der Waals surface area (Å²) in [5.41, 5.74) is 0. The Labute approximate surface area is 144 Å². The van der Waals surface area contributed by atoms with Gasteiger partial charge in [-0.1, -0.05) is 0 Å². The van der Waals surface area contributed by atoms with Crippen molar-refractivity contribution in [1.29, 1.82) is 0 Å². The van der Waals surface area contributed by atoms with Crippen LogP contribution in [0.15, 0.2) is 0 Å². The molecule has 0 bridgehead atoms. The molecule has 4 nitrogen and oxygen atoms in total. The number of rotatable bonds is 0. The molecule has 0 spiro atoms. The normalized spacial score (nSPS) is 7.25. The van der Waals surface area contributed by atoms with E-state index in [2.05, 4.69) is 0 Å². The molecule has 0 aromatic rings. The molecule has 0 rings (SSSR count). The third kappa shape index (κ3) is 50.7. The van der Waals surface area contributed by atoms with Gasteiger partial charge < -0.3 is 0 Å². The molecule has 0 aliphatic heterocycles. The number of hydrogen-bond acceptors (Lipinski definition) is 2. The number of hydrogen-bond donors (Lipinski definition) is 2. The second-order valence-electron chi connectivity index (χ2n) is 0.448. The van der Waals surface area contributed by atoms with Gasteiger partial charge in [-0.2, -0.15) is 0 Å². The topological polar surface area (TPSA) is 74.6 Å². The van der Waals surface area contributed by atoms with Crippen LogP contribution in [0.5, 0.6) is 0 Å². The first-order valence-corrected chi connectivity index (χ1v) is 2.88. The summed E-state index contributed by atoms with van der Waals surface area (Å²) in [4.78, 5) is 0. The molecule has 0 unspecified atom stereocenters. The van der Waals surface area contributed by atoms with Crippen molar-refractivity contribution in [3.8, 4) is 0 Å². The van der Waals surface area contributed by atoms with E-state index in [1.807, 2.05) is 0 Å². The van der Waals surface area contributed by atoms with E-state index < -0.39 is 13.6 Å². The van der Waals surface area contributed by atoms with Crippen LogP contribution < -0.4 is 0 Å². The summed E-state index contributed by atoms with van der Waals surface area (Å²) in [6.45, 7) is 0. The van der Waals surface area contributed by atoms with E-state index in [1.54, 1.807) is 0 Å². The first kappa shape index (κ1) is 22.7. The van der Waals surface area contributed by atoms with Gasteiger partial charge in [0.2, 0.25) is 0 Å². The molecule has 1 radical (unpaired) electrons. The molecule has 8 heteroatoms. The molecular formula is H6CaCrLaO4Sr. The second-order valence-corrected chi connectivity index (χ2v) is 1.85. The molecule has 0 atom stereocenters. The summed E-state index contributed by atoms with van der Waals surface area (Å²) in [6, 6.07) is 0. The van der Waals surface area contributed by atoms with Crippen LogP contribution in [0.25, 0.3) is 0 Å². The second kappa shape index (κ2) is 11.0. The van der Waals surface area contributed by atoms with Crippen LogP contribution in [0.4, 0.5) is 0 Å². The minimum atomic E-state index is -5.25. The van der Waals surface area contributed by atoms with Crippen LogP contribution in [0.3, 0.4) is 0 Å². The van der Waals surface area contributed by atoms with Crippen molar-refractivity contribution in [1.82, 2.24) is 0 Å². The predicted octanol–water partition coefficient (Wildman–Crippen LogP) is -3.19. The van der Waals surface area contributed by atoms with Crippen molar-refractivity contribution < 1.29 is 65.1 Å². The van der Waals surface area contributed by atoms with Crippen LogP contribution in [-0.4, -0.2) is 91.5 Å². The summed E-state index contributed by atoms with van der Waals surface area (Å²) in [5, 5.41) is 0. The van der Waals surface area contributed by atoms with Crippen molar-refractivity contribution in [2.45, 2.75) is 0 Å². The standard InChI is InChI=1S/Ca.Cr.La.2H2O.2O.Sr.4H/h;;;2*1H2;;;;;;;/q;+2;;;;;;;;;;/p-2. The van der Waals surface area contributed by atoms with Gasteiger partial charge in [0.1, 0.15) is 0 Å². The molecule has 8 heavy (non-hydrogen) atoms. The van der Waals surface area contributed by atoms with Crippen molar-refractivity contribution in [2.24, 2.45) is 0 Å². The minimum absolute atomic E-state index is 0. The van der Waals surface area contributed by atoms with E-state index in [0.29, 0.717) is 0 Å². The van der Waals surface area contributed by atoms with E-state index in [4.69, 9.17) is 15.9 Å². The van der Waals surface area contributed by atoms with E-state index >= 15 is 0 Å². The fourth-order valence-electron chi connectivity index (χ4n) is 0. The molecule has 0 aromatic heterocycles. The molecule has 0 aliphatic rings. The molecule has 0 heterocycles. The fourth-order valence-corrected chi connectivity index (χ4v) is 0. The Morgan fingerprint density at radius 1 is 1.12 bits per heavy atom. The summed E-state index contributed by atoms with van der Waals surface area (Å²) in [5.74, 6) is 0. The predicted molar refractivity (Wildman–Crippen MR) is 22.9 cm³/mol. The Kier molecular flexibility index (Phi) is 31.2. The van der Waals surface area contributed by atoms with Gasteiger partial charge in [0, 0.05) is 35.6 Å². The van der Waals surface area contributed by atoms with Crippen molar-refractivity contribution in [3.05, 3.63) is 0 Å². The summed E-state index contributed by atoms with van der Waals surface area (Å²) in [7, 11) is 0. The summed E-state index contributed by atoms with van der Waals surface area (Å²) < 4.78 is 31.9. The van der Waals surface area contributed by atoms with Crippen LogP contribution in [0.2, 0.25) is 0 Å². The van der Waals surface area contributed by atoms with E-state index in [1.165, 1.54) is 0 Å². The van der Waals surface area contributed by atoms with Crippen molar-refractivity contribution >= 4 is 83.2 Å². The third-order valence-corrected chi connectivity index (χ3v) is 0. The van der Waals surface area contributed by atoms with Gasteiger partial charge in [0.15, 0.2) is 0 Å². The average Bonchev–Trinajstić information content (AvgIpc) is 0.722. The van der Waals surface area contributed by atoms with Gasteiger partial charge in [-0.3, -0.25) is 0 Å². The third-order valence-electron chi connectivity index (χ3n) is 0. The molecule has 2 N–H and O–H groups in total. The van der Waals surface area contributed by atoms with Crippen LogP contribution in [0, 0.1) is 35.6 Å². The Balaban J connectivity index is -0.0000000267. The van der Waals surface area contributed by atoms with Crippen molar-refractivity contribution in [3.63, 3.8) is 0 Å². The van der Waals surface area contributed by atoms with Crippen molar-refractivity contribution in [2.75, 3.05) is 0 Å². The quantitative estimate of drug-likeness (QED) is 0.429. The van der Waals surface area contributed by atoms with E-state index in [0.717, 1.165) is 0 Å². The van der Waals surface area contributed by atoms with Crippen LogP contribution >= 0.6 is 0 Å². The Morgan fingerprint density at radius 2 is 1.12 bits per heavy atom. The molecule has 0 aromatic carbocycles. The molecule has 43 valence electrons. The van der Waals surface area contributed by atoms with Gasteiger partial charge in [-0.25, -0.2) is 0 Å². The van der Waals surface area contributed by atoms with Gasteiger partial charge in [0.25, 0.3) is 0 Å². The van der Waals surface area contributed by atoms with E-state index in [9.17, 15) is 0 Å². The van der Waals surface area contributed by atoms with Gasteiger partial charge in [-0.15, -0.1) is 0 Å². The van der Waals surface area contributed by atoms with Gasteiger partial charge >= 0.3 is 113 Å². The molecule has 0 saturated carbocycles. The molecule has 0 aliphatic carbocycles. The van der Waals surface area contributed by atoms with Gasteiger partial charge in [0.05, 0.1) is 0 Å². The SMILES string of the molecule is [CaH2].[La].[O]=[Cr](=[O])([OH])[OH].[SrH2]. The van der Waals surface area contributed by atoms with Crippen LogP contribution in [0.1, 0.15) is 0 Å². The fraction of sp³-hybridized carbons (Fsp3) is 0. The zero-order chi connectivity index (χ0) is 4.50. The molecule has 0 amide bonds. The Hall–Kier alpha value is 3.99. The zero-order valence-corrected chi connectivity index (χ0v) is 7.60. The first-order valence-electron chi connectivity index (χ1n) is 0.698. The maximum atomic E-state index is 8.82. The maximum absolute atomic E-state index is 8.82. The van der Waals surface area contributed by atoms with E-state index in [-0.39, 0.29) is 119 Å². The summed E-state index contributed by atoms with van der Waals surface area (Å²) in [6.07, 6.45) is 0. The monoisotopic (exact) mass is 389 g/mol.